The minimum Gasteiger partial charge on any atom is -0.493 e. The van der Waals surface area contributed by atoms with Gasteiger partial charge in [-0.15, -0.1) is 0 Å². The van der Waals surface area contributed by atoms with Crippen LogP contribution in [0.3, 0.4) is 0 Å². The fourth-order valence-electron chi connectivity index (χ4n) is 5.81. The molecule has 0 spiro atoms. The number of carbonyl (C=O) groups is 2. The van der Waals surface area contributed by atoms with Crippen LogP contribution in [0.1, 0.15) is 48.3 Å². The highest BCUT2D eigenvalue weighted by molar-refractivity contribution is 6.04. The third-order valence-corrected chi connectivity index (χ3v) is 7.89. The predicted octanol–water partition coefficient (Wildman–Crippen LogP) is 5.83. The summed E-state index contributed by atoms with van der Waals surface area (Å²) in [7, 11) is 4.75. The second-order valence-electron chi connectivity index (χ2n) is 10.6. The first-order chi connectivity index (χ1) is 20.9. The van der Waals surface area contributed by atoms with Crippen molar-refractivity contribution >= 4 is 11.8 Å². The number of Topliss-reactive ketones (excluding diaryl/α,β-unsaturated/α-hetero) is 1. The molecule has 0 fully saturated rings. The topological polar surface area (TPSA) is 92.3 Å². The summed E-state index contributed by atoms with van der Waals surface area (Å²) < 4.78 is 27.7. The number of nitrogens with one attached hydrogen (secondary N) is 1. The van der Waals surface area contributed by atoms with Gasteiger partial charge in [-0.25, -0.2) is 4.79 Å². The molecular formula is C35H37NO7. The molecule has 224 valence electrons. The number of ether oxygens (including phenoxy) is 5. The molecule has 2 atom stereocenters. The number of ketones is 1. The molecule has 0 bridgehead atoms. The first-order valence-corrected chi connectivity index (χ1v) is 14.3. The summed E-state index contributed by atoms with van der Waals surface area (Å²) in [5, 5.41) is 3.40. The summed E-state index contributed by atoms with van der Waals surface area (Å²) in [6, 6.07) is 23.3. The number of hydrogen-bond donors (Lipinski definition) is 1. The van der Waals surface area contributed by atoms with Gasteiger partial charge >= 0.3 is 5.97 Å². The molecule has 2 aliphatic rings. The van der Waals surface area contributed by atoms with Gasteiger partial charge in [0.25, 0.3) is 0 Å². The van der Waals surface area contributed by atoms with E-state index in [0.717, 1.165) is 22.4 Å². The molecule has 5 rings (SSSR count). The van der Waals surface area contributed by atoms with Crippen LogP contribution in [0.5, 0.6) is 17.2 Å². The smallest absolute Gasteiger partial charge is 0.336 e. The van der Waals surface area contributed by atoms with Crippen molar-refractivity contribution in [3.63, 3.8) is 0 Å². The van der Waals surface area contributed by atoms with E-state index in [1.807, 2.05) is 79.7 Å². The van der Waals surface area contributed by atoms with Crippen LogP contribution >= 0.6 is 0 Å². The SMILES string of the molecule is COCCOC(=O)C1=C(C)NC2=C(C(=O)C[C@@H](c3ccc(OC)c(OC)c3)C2)[C@@H]1c1cccc(OCc2ccccc2)c1. The Morgan fingerprint density at radius 1 is 0.860 bits per heavy atom. The van der Waals surface area contributed by atoms with Gasteiger partial charge < -0.3 is 29.0 Å². The van der Waals surface area contributed by atoms with Gasteiger partial charge in [-0.05, 0) is 60.2 Å². The van der Waals surface area contributed by atoms with Crippen LogP contribution in [0.4, 0.5) is 0 Å². The summed E-state index contributed by atoms with van der Waals surface area (Å²) in [4.78, 5) is 27.5. The molecule has 1 heterocycles. The Morgan fingerprint density at radius 2 is 1.65 bits per heavy atom. The maximum atomic E-state index is 14.0. The Bertz CT molecular complexity index is 1540. The molecule has 1 N–H and O–H groups in total. The van der Waals surface area contributed by atoms with Crippen LogP contribution in [0.2, 0.25) is 0 Å². The molecule has 0 saturated heterocycles. The molecule has 0 radical (unpaired) electrons. The predicted molar refractivity (Wildman–Crippen MR) is 162 cm³/mol. The van der Waals surface area contributed by atoms with Gasteiger partial charge in [-0.1, -0.05) is 48.5 Å². The summed E-state index contributed by atoms with van der Waals surface area (Å²) in [5.74, 6) is 0.722. The molecule has 8 nitrogen and oxygen atoms in total. The molecular weight excluding hydrogens is 546 g/mol. The van der Waals surface area contributed by atoms with Gasteiger partial charge in [0, 0.05) is 36.4 Å². The highest BCUT2D eigenvalue weighted by atomic mass is 16.6. The molecule has 0 aromatic heterocycles. The van der Waals surface area contributed by atoms with Gasteiger partial charge in [-0.3, -0.25) is 4.79 Å². The average Bonchev–Trinajstić information content (AvgIpc) is 3.03. The van der Waals surface area contributed by atoms with E-state index in [0.29, 0.717) is 53.5 Å². The number of rotatable bonds is 11. The molecule has 1 aliphatic carbocycles. The summed E-state index contributed by atoms with van der Waals surface area (Å²) in [5.41, 5.74) is 5.27. The van der Waals surface area contributed by atoms with Crippen molar-refractivity contribution in [2.45, 2.75) is 38.2 Å². The van der Waals surface area contributed by atoms with Crippen molar-refractivity contribution in [3.05, 3.63) is 112 Å². The van der Waals surface area contributed by atoms with Crippen molar-refractivity contribution in [2.75, 3.05) is 34.5 Å². The molecule has 3 aromatic rings. The van der Waals surface area contributed by atoms with E-state index < -0.39 is 11.9 Å². The number of dihydropyridines is 1. The second-order valence-corrected chi connectivity index (χ2v) is 10.6. The quantitative estimate of drug-likeness (QED) is 0.223. The van der Waals surface area contributed by atoms with E-state index >= 15 is 0 Å². The second kappa shape index (κ2) is 13.6. The van der Waals surface area contributed by atoms with E-state index in [2.05, 4.69) is 5.32 Å². The maximum absolute atomic E-state index is 14.0. The Morgan fingerprint density at radius 3 is 2.40 bits per heavy atom. The maximum Gasteiger partial charge on any atom is 0.336 e. The first-order valence-electron chi connectivity index (χ1n) is 14.3. The monoisotopic (exact) mass is 583 g/mol. The number of hydrogen-bond acceptors (Lipinski definition) is 8. The normalized spacial score (nSPS) is 18.1. The zero-order valence-electron chi connectivity index (χ0n) is 25.0. The van der Waals surface area contributed by atoms with Crippen molar-refractivity contribution in [3.8, 4) is 17.2 Å². The van der Waals surface area contributed by atoms with Crippen LogP contribution in [-0.2, 0) is 25.7 Å². The Balaban J connectivity index is 1.50. The van der Waals surface area contributed by atoms with Crippen molar-refractivity contribution < 1.29 is 33.3 Å². The lowest BCUT2D eigenvalue weighted by Gasteiger charge is -2.37. The number of esters is 1. The standard InChI is InChI=1S/C35H37NO7/c1-22-32(35(38)42-16-15-39-2)33(25-11-8-12-27(17-25)43-21-23-9-6-5-7-10-23)34-28(36-22)18-26(19-29(34)37)24-13-14-30(40-3)31(20-24)41-4/h5-14,17,20,26,33,36H,15-16,18-19,21H2,1-4H3/t26-,33+/m0/s1. The zero-order valence-corrected chi connectivity index (χ0v) is 25.0. The van der Waals surface area contributed by atoms with Crippen LogP contribution in [0.25, 0.3) is 0 Å². The average molecular weight is 584 g/mol. The minimum absolute atomic E-state index is 0.0242. The van der Waals surface area contributed by atoms with Gasteiger partial charge in [0.1, 0.15) is 19.0 Å². The van der Waals surface area contributed by atoms with E-state index in [4.69, 9.17) is 23.7 Å². The zero-order chi connectivity index (χ0) is 30.3. The van der Waals surface area contributed by atoms with E-state index in [1.54, 1.807) is 21.3 Å². The first kappa shape index (κ1) is 29.9. The number of carbonyl (C=O) groups excluding carboxylic acids is 2. The molecule has 8 heteroatoms. The lowest BCUT2D eigenvalue weighted by Crippen LogP contribution is -2.36. The van der Waals surface area contributed by atoms with Crippen LogP contribution < -0.4 is 19.5 Å². The molecule has 1 aliphatic heterocycles. The van der Waals surface area contributed by atoms with E-state index in [9.17, 15) is 9.59 Å². The Kier molecular flexibility index (Phi) is 9.47. The Hall–Kier alpha value is -4.56. The molecule has 0 saturated carbocycles. The van der Waals surface area contributed by atoms with Crippen LogP contribution in [0, 0.1) is 0 Å². The summed E-state index contributed by atoms with van der Waals surface area (Å²) in [6.07, 6.45) is 0.891. The van der Waals surface area contributed by atoms with Gasteiger partial charge in [0.05, 0.1) is 26.4 Å². The van der Waals surface area contributed by atoms with Crippen molar-refractivity contribution in [1.82, 2.24) is 5.32 Å². The number of allylic oxidation sites excluding steroid dienone is 3. The van der Waals surface area contributed by atoms with E-state index in [1.165, 1.54) is 0 Å². The lowest BCUT2D eigenvalue weighted by atomic mass is 9.71. The number of benzene rings is 3. The highest BCUT2D eigenvalue weighted by Gasteiger charge is 2.41. The lowest BCUT2D eigenvalue weighted by molar-refractivity contribution is -0.140. The fourth-order valence-corrected chi connectivity index (χ4v) is 5.81. The van der Waals surface area contributed by atoms with Crippen molar-refractivity contribution in [1.29, 1.82) is 0 Å². The summed E-state index contributed by atoms with van der Waals surface area (Å²) >= 11 is 0. The van der Waals surface area contributed by atoms with Crippen molar-refractivity contribution in [2.24, 2.45) is 0 Å². The third kappa shape index (κ3) is 6.60. The molecule has 3 aromatic carbocycles. The summed E-state index contributed by atoms with van der Waals surface area (Å²) in [6.45, 7) is 2.64. The van der Waals surface area contributed by atoms with Gasteiger partial charge in [0.15, 0.2) is 17.3 Å². The van der Waals surface area contributed by atoms with Gasteiger partial charge in [-0.2, -0.15) is 0 Å². The molecule has 0 unspecified atom stereocenters. The fraction of sp³-hybridized carbons (Fsp3) is 0.314. The minimum atomic E-state index is -0.606. The molecule has 0 amide bonds. The number of methoxy groups -OCH3 is 3. The van der Waals surface area contributed by atoms with Crippen LogP contribution in [0.15, 0.2) is 95.3 Å². The Labute approximate surface area is 252 Å². The molecule has 43 heavy (non-hydrogen) atoms. The van der Waals surface area contributed by atoms with E-state index in [-0.39, 0.29) is 24.9 Å². The van der Waals surface area contributed by atoms with Crippen LogP contribution in [-0.4, -0.2) is 46.3 Å². The third-order valence-electron chi connectivity index (χ3n) is 7.89. The van der Waals surface area contributed by atoms with Gasteiger partial charge in [0.2, 0.25) is 0 Å². The highest BCUT2D eigenvalue weighted by Crippen LogP contribution is 2.47. The largest absolute Gasteiger partial charge is 0.493 e.